The van der Waals surface area contributed by atoms with Crippen LogP contribution in [0.2, 0.25) is 5.02 Å². The van der Waals surface area contributed by atoms with Gasteiger partial charge in [-0.2, -0.15) is 0 Å². The van der Waals surface area contributed by atoms with E-state index in [4.69, 9.17) is 16.7 Å². The minimum absolute atomic E-state index is 0.0171. The summed E-state index contributed by atoms with van der Waals surface area (Å²) in [5.41, 5.74) is 0.354. The topological polar surface area (TPSA) is 63.6 Å². The molecule has 1 aromatic rings. The lowest BCUT2D eigenvalue weighted by Gasteiger charge is -2.00. The van der Waals surface area contributed by atoms with E-state index in [1.54, 1.807) is 6.07 Å². The van der Waals surface area contributed by atoms with Crippen LogP contribution < -0.4 is 0 Å². The van der Waals surface area contributed by atoms with Gasteiger partial charge >= 0.3 is 11.9 Å². The van der Waals surface area contributed by atoms with Gasteiger partial charge in [0.25, 0.3) is 0 Å². The highest BCUT2D eigenvalue weighted by atomic mass is 35.5. The molecule has 1 aromatic carbocycles. The van der Waals surface area contributed by atoms with Crippen molar-refractivity contribution in [2.75, 3.05) is 7.11 Å². The monoisotopic (exact) mass is 252 g/mol. The number of carbonyl (C=O) groups is 2. The molecule has 0 amide bonds. The minimum atomic E-state index is -1.12. The lowest BCUT2D eigenvalue weighted by atomic mass is 10.1. The highest BCUT2D eigenvalue weighted by molar-refractivity contribution is 6.34. The fourth-order valence-electron chi connectivity index (χ4n) is 1.08. The van der Waals surface area contributed by atoms with Crippen molar-refractivity contribution in [1.82, 2.24) is 0 Å². The molecule has 0 unspecified atom stereocenters. The van der Waals surface area contributed by atoms with E-state index in [0.29, 0.717) is 5.56 Å². The fraction of sp³-hybridized carbons (Fsp3) is 0.167. The predicted molar refractivity (Wildman–Crippen MR) is 61.9 cm³/mol. The molecule has 0 saturated heterocycles. The molecule has 17 heavy (non-hydrogen) atoms. The van der Waals surface area contributed by atoms with Gasteiger partial charge in [0.2, 0.25) is 0 Å². The quantitative estimate of drug-likeness (QED) is 0.645. The molecule has 0 aliphatic heterocycles. The van der Waals surface area contributed by atoms with Gasteiger partial charge in [0, 0.05) is 5.56 Å². The van der Waals surface area contributed by atoms with Crippen LogP contribution in [0.25, 0.3) is 0 Å². The molecule has 0 aromatic heterocycles. The summed E-state index contributed by atoms with van der Waals surface area (Å²) in [6.07, 6.45) is -0.0653. The van der Waals surface area contributed by atoms with Crippen LogP contribution in [0.3, 0.4) is 0 Å². The summed E-state index contributed by atoms with van der Waals surface area (Å²) in [6, 6.07) is 4.51. The van der Waals surface area contributed by atoms with Gasteiger partial charge in [-0.05, 0) is 12.1 Å². The summed E-state index contributed by atoms with van der Waals surface area (Å²) in [6.45, 7) is 0. The van der Waals surface area contributed by atoms with Crippen molar-refractivity contribution in [3.8, 4) is 11.8 Å². The van der Waals surface area contributed by atoms with Crippen molar-refractivity contribution in [3.05, 3.63) is 34.3 Å². The van der Waals surface area contributed by atoms with E-state index in [-0.39, 0.29) is 17.0 Å². The Kier molecular flexibility index (Phi) is 4.56. The second-order valence-electron chi connectivity index (χ2n) is 3.03. The maximum atomic E-state index is 10.8. The van der Waals surface area contributed by atoms with Gasteiger partial charge in [-0.25, -0.2) is 4.79 Å². The largest absolute Gasteiger partial charge is 0.478 e. The Labute approximate surface area is 103 Å². The van der Waals surface area contributed by atoms with Crippen molar-refractivity contribution >= 4 is 23.5 Å². The van der Waals surface area contributed by atoms with E-state index >= 15 is 0 Å². The molecule has 0 saturated carbocycles. The molecule has 88 valence electrons. The number of hydrogen-bond donors (Lipinski definition) is 1. The third kappa shape index (κ3) is 3.51. The fourth-order valence-corrected chi connectivity index (χ4v) is 1.33. The summed E-state index contributed by atoms with van der Waals surface area (Å²) in [5.74, 6) is 3.61. The Hall–Kier alpha value is -1.99. The van der Waals surface area contributed by atoms with Gasteiger partial charge in [0.15, 0.2) is 0 Å². The number of ether oxygens (including phenoxy) is 1. The predicted octanol–water partition coefficient (Wildman–Crippen LogP) is 1.95. The molecule has 0 heterocycles. The number of hydrogen-bond acceptors (Lipinski definition) is 3. The van der Waals surface area contributed by atoms with Gasteiger partial charge in [0.05, 0.1) is 17.7 Å². The first kappa shape index (κ1) is 13.1. The lowest BCUT2D eigenvalue weighted by molar-refractivity contribution is -0.139. The molecule has 5 heteroatoms. The van der Waals surface area contributed by atoms with Gasteiger partial charge < -0.3 is 9.84 Å². The normalized spacial score (nSPS) is 9.06. The minimum Gasteiger partial charge on any atom is -0.478 e. The molecule has 0 bridgehead atoms. The van der Waals surface area contributed by atoms with Crippen molar-refractivity contribution in [2.24, 2.45) is 0 Å². The van der Waals surface area contributed by atoms with Crippen LogP contribution in [-0.2, 0) is 9.53 Å². The molecule has 0 aliphatic carbocycles. The molecule has 1 rings (SSSR count). The van der Waals surface area contributed by atoms with Gasteiger partial charge in [-0.1, -0.05) is 29.5 Å². The van der Waals surface area contributed by atoms with Crippen LogP contribution in [0.4, 0.5) is 0 Å². The van der Waals surface area contributed by atoms with Gasteiger partial charge in [0.1, 0.15) is 6.42 Å². The summed E-state index contributed by atoms with van der Waals surface area (Å²) in [4.78, 5) is 21.6. The Bertz CT molecular complexity index is 511. The number of esters is 1. The average Bonchev–Trinajstić information content (AvgIpc) is 2.30. The van der Waals surface area contributed by atoms with Gasteiger partial charge in [-0.3, -0.25) is 4.79 Å². The average molecular weight is 253 g/mol. The van der Waals surface area contributed by atoms with Crippen LogP contribution in [0.15, 0.2) is 18.2 Å². The lowest BCUT2D eigenvalue weighted by Crippen LogP contribution is -1.99. The van der Waals surface area contributed by atoms with Crippen LogP contribution in [0.5, 0.6) is 0 Å². The summed E-state index contributed by atoms with van der Waals surface area (Å²) in [7, 11) is 1.27. The molecule has 1 N–H and O–H groups in total. The second-order valence-corrected chi connectivity index (χ2v) is 3.40. The molecule has 0 atom stereocenters. The first-order valence-corrected chi connectivity index (χ1v) is 5.01. The number of methoxy groups -OCH3 is 1. The smallest absolute Gasteiger partial charge is 0.337 e. The number of benzene rings is 1. The highest BCUT2D eigenvalue weighted by Gasteiger charge is 2.10. The number of carbonyl (C=O) groups excluding carboxylic acids is 1. The Morgan fingerprint density at radius 2 is 2.18 bits per heavy atom. The molecule has 0 spiro atoms. The van der Waals surface area contributed by atoms with E-state index in [1.165, 1.54) is 19.2 Å². The molecular formula is C12H9ClO4. The third-order valence-electron chi connectivity index (χ3n) is 1.91. The number of carboxylic acid groups (broad SMARTS) is 1. The van der Waals surface area contributed by atoms with E-state index in [2.05, 4.69) is 16.6 Å². The zero-order valence-corrected chi connectivity index (χ0v) is 9.75. The molecule has 4 nitrogen and oxygen atoms in total. The van der Waals surface area contributed by atoms with Crippen LogP contribution in [0, 0.1) is 11.8 Å². The summed E-state index contributed by atoms with van der Waals surface area (Å²) >= 11 is 5.85. The first-order chi connectivity index (χ1) is 8.06. The van der Waals surface area contributed by atoms with Crippen molar-refractivity contribution in [3.63, 3.8) is 0 Å². The first-order valence-electron chi connectivity index (χ1n) is 4.63. The van der Waals surface area contributed by atoms with Crippen molar-refractivity contribution in [2.45, 2.75) is 6.42 Å². The van der Waals surface area contributed by atoms with E-state index in [1.807, 2.05) is 0 Å². The van der Waals surface area contributed by atoms with Gasteiger partial charge in [-0.15, -0.1) is 0 Å². The SMILES string of the molecule is COC(=O)CC#Cc1cccc(C(=O)O)c1Cl. The number of carboxylic acids is 1. The van der Waals surface area contributed by atoms with E-state index in [9.17, 15) is 9.59 Å². The van der Waals surface area contributed by atoms with Crippen LogP contribution in [0.1, 0.15) is 22.3 Å². The molecular weight excluding hydrogens is 244 g/mol. The maximum Gasteiger partial charge on any atom is 0.337 e. The van der Waals surface area contributed by atoms with Crippen LogP contribution >= 0.6 is 11.6 Å². The molecule has 0 radical (unpaired) electrons. The number of halogens is 1. The van der Waals surface area contributed by atoms with E-state index < -0.39 is 11.9 Å². The third-order valence-corrected chi connectivity index (χ3v) is 2.32. The standard InChI is InChI=1S/C12H9ClO4/c1-17-10(14)7-3-5-8-4-2-6-9(11(8)13)12(15)16/h2,4,6H,7H2,1H3,(H,15,16). The summed E-state index contributed by atoms with van der Waals surface area (Å²) in [5, 5.41) is 8.90. The Morgan fingerprint density at radius 1 is 1.47 bits per heavy atom. The number of aromatic carboxylic acids is 1. The van der Waals surface area contributed by atoms with E-state index in [0.717, 1.165) is 0 Å². The Morgan fingerprint density at radius 3 is 2.76 bits per heavy atom. The molecule has 0 fully saturated rings. The van der Waals surface area contributed by atoms with Crippen molar-refractivity contribution in [1.29, 1.82) is 0 Å². The Balaban J connectivity index is 2.96. The number of rotatable bonds is 2. The second kappa shape index (κ2) is 5.92. The maximum absolute atomic E-state index is 10.8. The molecule has 0 aliphatic rings. The zero-order chi connectivity index (χ0) is 12.8. The van der Waals surface area contributed by atoms with Crippen LogP contribution in [-0.4, -0.2) is 24.2 Å². The summed E-state index contributed by atoms with van der Waals surface area (Å²) < 4.78 is 4.41. The zero-order valence-electron chi connectivity index (χ0n) is 8.99. The highest BCUT2D eigenvalue weighted by Crippen LogP contribution is 2.20. The van der Waals surface area contributed by atoms with Crippen molar-refractivity contribution < 1.29 is 19.4 Å².